The molecule has 0 saturated heterocycles. The molecule has 0 radical (unpaired) electrons. The maximum Gasteiger partial charge on any atom is 0.118 e. The average Bonchev–Trinajstić information content (AvgIpc) is 2.46. The van der Waals surface area contributed by atoms with Crippen LogP contribution in [0.5, 0.6) is 5.75 Å². The van der Waals surface area contributed by atoms with Gasteiger partial charge in [-0.15, -0.1) is 0 Å². The minimum absolute atomic E-state index is 0.931. The van der Waals surface area contributed by atoms with Gasteiger partial charge in [-0.2, -0.15) is 0 Å². The number of benzene rings is 1. The van der Waals surface area contributed by atoms with E-state index in [4.69, 9.17) is 4.74 Å². The highest BCUT2D eigenvalue weighted by atomic mass is 16.5. The van der Waals surface area contributed by atoms with Gasteiger partial charge in [-0.05, 0) is 42.5 Å². The van der Waals surface area contributed by atoms with Crippen LogP contribution >= 0.6 is 0 Å². The molecule has 1 aromatic carbocycles. The van der Waals surface area contributed by atoms with Crippen LogP contribution in [0.15, 0.2) is 24.3 Å². The summed E-state index contributed by atoms with van der Waals surface area (Å²) in [6, 6.07) is 8.32. The van der Waals surface area contributed by atoms with E-state index in [1.54, 1.807) is 7.11 Å². The molecule has 0 atom stereocenters. The van der Waals surface area contributed by atoms with E-state index in [1.807, 2.05) is 12.1 Å². The van der Waals surface area contributed by atoms with Crippen LogP contribution in [0.3, 0.4) is 0 Å². The lowest BCUT2D eigenvalue weighted by Crippen LogP contribution is -2.20. The first-order valence-corrected chi connectivity index (χ1v) is 7.61. The summed E-state index contributed by atoms with van der Waals surface area (Å²) in [5.41, 5.74) is 1.33. The van der Waals surface area contributed by atoms with Crippen molar-refractivity contribution in [2.45, 2.75) is 45.6 Å². The molecule has 2 heteroatoms. The van der Waals surface area contributed by atoms with Crippen LogP contribution in [-0.2, 0) is 6.54 Å². The standard InChI is InChI=1S/C17H27NO/c1-14-3-5-15(6-4-14)11-12-18-13-16-7-9-17(19-2)10-8-16/h7-10,14-15,18H,3-6,11-13H2,1-2H3. The molecular formula is C17H27NO. The van der Waals surface area contributed by atoms with Crippen LogP contribution in [0.1, 0.15) is 44.6 Å². The summed E-state index contributed by atoms with van der Waals surface area (Å²) in [6.07, 6.45) is 7.08. The molecule has 19 heavy (non-hydrogen) atoms. The molecule has 2 rings (SSSR count). The van der Waals surface area contributed by atoms with Gasteiger partial charge in [0.25, 0.3) is 0 Å². The predicted molar refractivity (Wildman–Crippen MR) is 80.4 cm³/mol. The van der Waals surface area contributed by atoms with Crippen molar-refractivity contribution in [2.24, 2.45) is 11.8 Å². The van der Waals surface area contributed by atoms with Crippen LogP contribution in [0.4, 0.5) is 0 Å². The molecule has 1 aromatic rings. The number of rotatable bonds is 6. The first-order chi connectivity index (χ1) is 9.28. The van der Waals surface area contributed by atoms with Gasteiger partial charge < -0.3 is 10.1 Å². The summed E-state index contributed by atoms with van der Waals surface area (Å²) in [4.78, 5) is 0. The van der Waals surface area contributed by atoms with E-state index in [9.17, 15) is 0 Å². The zero-order chi connectivity index (χ0) is 13.5. The highest BCUT2D eigenvalue weighted by Gasteiger charge is 2.17. The molecule has 0 unspecified atom stereocenters. The van der Waals surface area contributed by atoms with Gasteiger partial charge >= 0.3 is 0 Å². The highest BCUT2D eigenvalue weighted by Crippen LogP contribution is 2.29. The zero-order valence-corrected chi connectivity index (χ0v) is 12.3. The van der Waals surface area contributed by atoms with Gasteiger partial charge in [0.1, 0.15) is 5.75 Å². The van der Waals surface area contributed by atoms with Gasteiger partial charge in [0.15, 0.2) is 0 Å². The Bertz CT molecular complexity index is 352. The third kappa shape index (κ3) is 4.87. The molecule has 106 valence electrons. The van der Waals surface area contributed by atoms with Crippen molar-refractivity contribution in [2.75, 3.05) is 13.7 Å². The van der Waals surface area contributed by atoms with E-state index < -0.39 is 0 Å². The van der Waals surface area contributed by atoms with Crippen molar-refractivity contribution in [3.05, 3.63) is 29.8 Å². The van der Waals surface area contributed by atoms with Crippen molar-refractivity contribution >= 4 is 0 Å². The van der Waals surface area contributed by atoms with Gasteiger partial charge in [-0.25, -0.2) is 0 Å². The Hall–Kier alpha value is -1.02. The quantitative estimate of drug-likeness (QED) is 0.781. The fourth-order valence-electron chi connectivity index (χ4n) is 2.90. The molecule has 1 saturated carbocycles. The Labute approximate surface area is 117 Å². The minimum Gasteiger partial charge on any atom is -0.497 e. The van der Waals surface area contributed by atoms with E-state index in [1.165, 1.54) is 37.7 Å². The number of hydrogen-bond acceptors (Lipinski definition) is 2. The fraction of sp³-hybridized carbons (Fsp3) is 0.647. The Morgan fingerprint density at radius 1 is 1.11 bits per heavy atom. The normalized spacial score (nSPS) is 23.3. The third-order valence-corrected chi connectivity index (χ3v) is 4.35. The molecule has 0 heterocycles. The molecule has 1 fully saturated rings. The predicted octanol–water partition coefficient (Wildman–Crippen LogP) is 4.00. The Kier molecular flexibility index (Phi) is 5.71. The zero-order valence-electron chi connectivity index (χ0n) is 12.3. The second-order valence-corrected chi connectivity index (χ2v) is 5.94. The van der Waals surface area contributed by atoms with E-state index in [-0.39, 0.29) is 0 Å². The van der Waals surface area contributed by atoms with E-state index in [0.717, 1.165) is 30.7 Å². The molecule has 0 bridgehead atoms. The van der Waals surface area contributed by atoms with Crippen molar-refractivity contribution in [3.63, 3.8) is 0 Å². The van der Waals surface area contributed by atoms with Gasteiger partial charge in [0.05, 0.1) is 7.11 Å². The molecule has 0 aromatic heterocycles. The van der Waals surface area contributed by atoms with Crippen LogP contribution in [0.25, 0.3) is 0 Å². The Morgan fingerprint density at radius 2 is 1.79 bits per heavy atom. The molecule has 0 aliphatic heterocycles. The second-order valence-electron chi connectivity index (χ2n) is 5.94. The number of ether oxygens (including phenoxy) is 1. The maximum atomic E-state index is 5.16. The molecular weight excluding hydrogens is 234 g/mol. The Balaban J connectivity index is 1.61. The van der Waals surface area contributed by atoms with Gasteiger partial charge in [-0.3, -0.25) is 0 Å². The topological polar surface area (TPSA) is 21.3 Å². The van der Waals surface area contributed by atoms with Crippen molar-refractivity contribution in [3.8, 4) is 5.75 Å². The summed E-state index contributed by atoms with van der Waals surface area (Å²) in [6.45, 7) is 4.50. The second kappa shape index (κ2) is 7.54. The third-order valence-electron chi connectivity index (χ3n) is 4.35. The van der Waals surface area contributed by atoms with Crippen LogP contribution in [0.2, 0.25) is 0 Å². The number of hydrogen-bond donors (Lipinski definition) is 1. The SMILES string of the molecule is COc1ccc(CNCCC2CCC(C)CC2)cc1. The first kappa shape index (κ1) is 14.4. The van der Waals surface area contributed by atoms with E-state index in [2.05, 4.69) is 24.4 Å². The smallest absolute Gasteiger partial charge is 0.118 e. The molecule has 0 spiro atoms. The lowest BCUT2D eigenvalue weighted by Gasteiger charge is -2.26. The van der Waals surface area contributed by atoms with Crippen LogP contribution < -0.4 is 10.1 Å². The molecule has 1 N–H and O–H groups in total. The molecule has 1 aliphatic carbocycles. The number of nitrogens with one attached hydrogen (secondary N) is 1. The summed E-state index contributed by atoms with van der Waals surface area (Å²) in [5, 5.41) is 3.56. The van der Waals surface area contributed by atoms with Gasteiger partial charge in [0.2, 0.25) is 0 Å². The lowest BCUT2D eigenvalue weighted by atomic mass is 9.81. The molecule has 2 nitrogen and oxygen atoms in total. The first-order valence-electron chi connectivity index (χ1n) is 7.61. The number of methoxy groups -OCH3 is 1. The lowest BCUT2D eigenvalue weighted by molar-refractivity contribution is 0.275. The van der Waals surface area contributed by atoms with Gasteiger partial charge in [-0.1, -0.05) is 44.7 Å². The van der Waals surface area contributed by atoms with Crippen molar-refractivity contribution in [1.82, 2.24) is 5.32 Å². The maximum absolute atomic E-state index is 5.16. The summed E-state index contributed by atoms with van der Waals surface area (Å²) in [7, 11) is 1.71. The fourth-order valence-corrected chi connectivity index (χ4v) is 2.90. The minimum atomic E-state index is 0.931. The van der Waals surface area contributed by atoms with E-state index in [0.29, 0.717) is 0 Å². The monoisotopic (exact) mass is 261 g/mol. The largest absolute Gasteiger partial charge is 0.497 e. The van der Waals surface area contributed by atoms with Crippen molar-refractivity contribution < 1.29 is 4.74 Å². The Morgan fingerprint density at radius 3 is 2.42 bits per heavy atom. The molecule has 1 aliphatic rings. The molecule has 0 amide bonds. The van der Waals surface area contributed by atoms with Crippen LogP contribution in [0, 0.1) is 11.8 Å². The summed E-state index contributed by atoms with van der Waals surface area (Å²) >= 11 is 0. The van der Waals surface area contributed by atoms with E-state index >= 15 is 0 Å². The average molecular weight is 261 g/mol. The van der Waals surface area contributed by atoms with Crippen molar-refractivity contribution in [1.29, 1.82) is 0 Å². The summed E-state index contributed by atoms with van der Waals surface area (Å²) < 4.78 is 5.16. The highest BCUT2D eigenvalue weighted by molar-refractivity contribution is 5.26. The van der Waals surface area contributed by atoms with Gasteiger partial charge in [0, 0.05) is 6.54 Å². The van der Waals surface area contributed by atoms with Crippen LogP contribution in [-0.4, -0.2) is 13.7 Å². The summed E-state index contributed by atoms with van der Waals surface area (Å²) in [5.74, 6) is 2.85.